The molecule has 5 heteroatoms. The van der Waals surface area contributed by atoms with Crippen LogP contribution >= 0.6 is 0 Å². The number of benzene rings is 1. The Hall–Kier alpha value is -1.75. The van der Waals surface area contributed by atoms with Crippen molar-refractivity contribution in [3.63, 3.8) is 0 Å². The van der Waals surface area contributed by atoms with Crippen LogP contribution < -0.4 is 10.1 Å². The zero-order chi connectivity index (χ0) is 18.0. The van der Waals surface area contributed by atoms with Gasteiger partial charge in [0.2, 0.25) is 6.79 Å². The van der Waals surface area contributed by atoms with E-state index < -0.39 is 6.16 Å². The van der Waals surface area contributed by atoms with Crippen LogP contribution in [0.2, 0.25) is 0 Å². The van der Waals surface area contributed by atoms with Gasteiger partial charge in [-0.05, 0) is 67.8 Å². The van der Waals surface area contributed by atoms with Crippen molar-refractivity contribution in [2.75, 3.05) is 19.9 Å². The van der Waals surface area contributed by atoms with Gasteiger partial charge in [0.05, 0.1) is 6.61 Å². The van der Waals surface area contributed by atoms with Gasteiger partial charge in [0.25, 0.3) is 0 Å². The molecule has 0 unspecified atom stereocenters. The first-order chi connectivity index (χ1) is 12.7. The van der Waals surface area contributed by atoms with Crippen molar-refractivity contribution >= 4 is 6.16 Å². The standard InChI is InChI=1S/C21H29NO4/c1-2-11-24-20(23)26-14-25-16-7-6-15-12-19-17-5-3-4-8-21(17,9-10-22-19)18(15)13-16/h6-7,13,17,19,22H,2-5,8-12,14H2,1H3/t17-,19+,21-/m1/s1. The fourth-order valence-electron chi connectivity index (χ4n) is 5.37. The molecule has 3 atom stereocenters. The first-order valence-corrected chi connectivity index (χ1v) is 10.0. The van der Waals surface area contributed by atoms with E-state index >= 15 is 0 Å². The Balaban J connectivity index is 1.49. The molecular formula is C21H29NO4. The summed E-state index contributed by atoms with van der Waals surface area (Å²) in [5.41, 5.74) is 3.24. The number of carbonyl (C=O) groups is 1. The number of carbonyl (C=O) groups excluding carboxylic acids is 1. The Morgan fingerprint density at radius 3 is 3.08 bits per heavy atom. The van der Waals surface area contributed by atoms with E-state index in [-0.39, 0.29) is 6.79 Å². The van der Waals surface area contributed by atoms with E-state index in [4.69, 9.17) is 14.2 Å². The largest absolute Gasteiger partial charge is 0.511 e. The predicted molar refractivity (Wildman–Crippen MR) is 98.4 cm³/mol. The van der Waals surface area contributed by atoms with Crippen LogP contribution in [-0.2, 0) is 21.3 Å². The summed E-state index contributed by atoms with van der Waals surface area (Å²) in [5, 5.41) is 3.76. The summed E-state index contributed by atoms with van der Waals surface area (Å²) in [4.78, 5) is 11.4. The summed E-state index contributed by atoms with van der Waals surface area (Å²) in [6.07, 6.45) is 7.72. The number of fused-ring (bicyclic) bond motifs is 1. The number of piperidine rings is 1. The highest BCUT2D eigenvalue weighted by atomic mass is 16.8. The lowest BCUT2D eigenvalue weighted by Gasteiger charge is -2.56. The average molecular weight is 359 g/mol. The van der Waals surface area contributed by atoms with Crippen LogP contribution in [0.1, 0.15) is 56.6 Å². The summed E-state index contributed by atoms with van der Waals surface area (Å²) in [6.45, 7) is 3.32. The van der Waals surface area contributed by atoms with Crippen molar-refractivity contribution < 1.29 is 19.0 Å². The first-order valence-electron chi connectivity index (χ1n) is 10.0. The lowest BCUT2D eigenvalue weighted by atomic mass is 9.53. The Kier molecular flexibility index (Phi) is 5.07. The highest BCUT2D eigenvalue weighted by molar-refractivity contribution is 5.59. The number of nitrogens with one attached hydrogen (secondary N) is 1. The van der Waals surface area contributed by atoms with E-state index in [1.54, 1.807) is 0 Å². The summed E-state index contributed by atoms with van der Waals surface area (Å²) in [6, 6.07) is 7.03. The molecule has 3 aliphatic rings. The van der Waals surface area contributed by atoms with Crippen LogP contribution in [0.5, 0.6) is 5.75 Å². The van der Waals surface area contributed by atoms with Crippen molar-refractivity contribution in [3.8, 4) is 5.75 Å². The molecule has 1 heterocycles. The minimum Gasteiger partial charge on any atom is -0.457 e. The molecule has 1 saturated carbocycles. The fourth-order valence-corrected chi connectivity index (χ4v) is 5.37. The van der Waals surface area contributed by atoms with Gasteiger partial charge in [-0.2, -0.15) is 0 Å². The molecule has 26 heavy (non-hydrogen) atoms. The van der Waals surface area contributed by atoms with Crippen LogP contribution in [-0.4, -0.2) is 32.1 Å². The van der Waals surface area contributed by atoms with Gasteiger partial charge in [0.15, 0.2) is 0 Å². The quantitative estimate of drug-likeness (QED) is 0.638. The lowest BCUT2D eigenvalue weighted by Crippen LogP contribution is -2.59. The SMILES string of the molecule is CCCOC(=O)OCOc1ccc2c(c1)[C@@]13CCCC[C@@H]1[C@H](C2)NCC3. The van der Waals surface area contributed by atoms with E-state index in [1.807, 2.05) is 13.0 Å². The van der Waals surface area contributed by atoms with Gasteiger partial charge in [-0.1, -0.05) is 25.8 Å². The fraction of sp³-hybridized carbons (Fsp3) is 0.667. The Morgan fingerprint density at radius 2 is 2.19 bits per heavy atom. The van der Waals surface area contributed by atoms with Crippen molar-refractivity contribution in [1.82, 2.24) is 5.32 Å². The maximum atomic E-state index is 11.4. The third-order valence-electron chi connectivity index (χ3n) is 6.45. The summed E-state index contributed by atoms with van der Waals surface area (Å²) < 4.78 is 15.6. The zero-order valence-corrected chi connectivity index (χ0v) is 15.6. The molecule has 0 radical (unpaired) electrons. The van der Waals surface area contributed by atoms with Crippen LogP contribution in [0.4, 0.5) is 4.79 Å². The molecule has 2 aliphatic carbocycles. The maximum Gasteiger partial charge on any atom is 0.511 e. The highest BCUT2D eigenvalue weighted by Crippen LogP contribution is 2.54. The zero-order valence-electron chi connectivity index (χ0n) is 15.6. The minimum atomic E-state index is -0.669. The Morgan fingerprint density at radius 1 is 1.27 bits per heavy atom. The number of hydrogen-bond acceptors (Lipinski definition) is 5. The van der Waals surface area contributed by atoms with Gasteiger partial charge < -0.3 is 19.5 Å². The van der Waals surface area contributed by atoms with E-state index in [0.717, 1.165) is 31.1 Å². The lowest BCUT2D eigenvalue weighted by molar-refractivity contribution is 0.00449. The van der Waals surface area contributed by atoms with Crippen molar-refractivity contribution in [2.45, 2.75) is 63.3 Å². The molecule has 1 aliphatic heterocycles. The predicted octanol–water partition coefficient (Wildman–Crippen LogP) is 3.93. The van der Waals surface area contributed by atoms with E-state index in [9.17, 15) is 4.79 Å². The van der Waals surface area contributed by atoms with Crippen LogP contribution in [0.3, 0.4) is 0 Å². The Labute approximate surface area is 155 Å². The van der Waals surface area contributed by atoms with Gasteiger partial charge in [-0.3, -0.25) is 0 Å². The molecule has 142 valence electrons. The highest BCUT2D eigenvalue weighted by Gasteiger charge is 2.51. The topological polar surface area (TPSA) is 56.8 Å². The van der Waals surface area contributed by atoms with Gasteiger partial charge in [-0.25, -0.2) is 4.79 Å². The molecule has 2 fully saturated rings. The molecule has 0 amide bonds. The van der Waals surface area contributed by atoms with E-state index in [1.165, 1.54) is 43.2 Å². The molecule has 1 N–H and O–H groups in total. The maximum absolute atomic E-state index is 11.4. The molecular weight excluding hydrogens is 330 g/mol. The Bertz CT molecular complexity index is 657. The molecule has 0 aromatic heterocycles. The average Bonchev–Trinajstić information content (AvgIpc) is 2.67. The van der Waals surface area contributed by atoms with Gasteiger partial charge >= 0.3 is 6.16 Å². The molecule has 1 aromatic carbocycles. The summed E-state index contributed by atoms with van der Waals surface area (Å²) >= 11 is 0. The van der Waals surface area contributed by atoms with Crippen LogP contribution in [0, 0.1) is 5.92 Å². The minimum absolute atomic E-state index is 0.109. The third kappa shape index (κ3) is 3.18. The van der Waals surface area contributed by atoms with Crippen LogP contribution in [0.15, 0.2) is 18.2 Å². The second-order valence-corrected chi connectivity index (χ2v) is 7.85. The van der Waals surface area contributed by atoms with Crippen LogP contribution in [0.25, 0.3) is 0 Å². The molecule has 5 nitrogen and oxygen atoms in total. The molecule has 1 aromatic rings. The number of ether oxygens (including phenoxy) is 3. The molecule has 0 spiro atoms. The molecule has 2 bridgehead atoms. The van der Waals surface area contributed by atoms with E-state index in [0.29, 0.717) is 18.1 Å². The van der Waals surface area contributed by atoms with Gasteiger partial charge in [-0.15, -0.1) is 0 Å². The number of hydrogen-bond donors (Lipinski definition) is 1. The molecule has 1 saturated heterocycles. The van der Waals surface area contributed by atoms with E-state index in [2.05, 4.69) is 17.4 Å². The second-order valence-electron chi connectivity index (χ2n) is 7.85. The van der Waals surface area contributed by atoms with Crippen molar-refractivity contribution in [2.24, 2.45) is 5.92 Å². The first kappa shape index (κ1) is 17.7. The summed E-state index contributed by atoms with van der Waals surface area (Å²) in [7, 11) is 0. The van der Waals surface area contributed by atoms with Crippen molar-refractivity contribution in [3.05, 3.63) is 29.3 Å². The number of rotatable bonds is 5. The monoisotopic (exact) mass is 359 g/mol. The summed E-state index contributed by atoms with van der Waals surface area (Å²) in [5.74, 6) is 1.52. The van der Waals surface area contributed by atoms with Gasteiger partial charge in [0, 0.05) is 11.5 Å². The van der Waals surface area contributed by atoms with Gasteiger partial charge in [0.1, 0.15) is 5.75 Å². The second kappa shape index (κ2) is 7.47. The smallest absolute Gasteiger partial charge is 0.457 e. The van der Waals surface area contributed by atoms with Crippen molar-refractivity contribution in [1.29, 1.82) is 0 Å². The molecule has 4 rings (SSSR count). The third-order valence-corrected chi connectivity index (χ3v) is 6.45. The normalized spacial score (nSPS) is 29.3.